The third-order valence-electron chi connectivity index (χ3n) is 7.19. The number of aromatic amines is 1. The summed E-state index contributed by atoms with van der Waals surface area (Å²) < 4.78 is 45.7. The normalized spacial score (nSPS) is 14.6. The molecule has 1 saturated heterocycles. The number of alkyl halides is 3. The van der Waals surface area contributed by atoms with E-state index < -0.39 is 17.8 Å². The molecule has 3 heterocycles. The van der Waals surface area contributed by atoms with Gasteiger partial charge < -0.3 is 25.7 Å². The lowest BCUT2D eigenvalue weighted by atomic mass is 9.99. The van der Waals surface area contributed by atoms with Crippen molar-refractivity contribution in [2.45, 2.75) is 31.1 Å². The highest BCUT2D eigenvalue weighted by molar-refractivity contribution is 6.12. The number of H-pyrrole nitrogens is 1. The number of hydrogen-bond acceptors (Lipinski definition) is 9. The van der Waals surface area contributed by atoms with Crippen molar-refractivity contribution in [3.8, 4) is 0 Å². The minimum Gasteiger partial charge on any atom is -0.465 e. The number of rotatable bonds is 12. The van der Waals surface area contributed by atoms with Gasteiger partial charge in [0, 0.05) is 23.9 Å². The molecule has 0 unspecified atom stereocenters. The van der Waals surface area contributed by atoms with Crippen LogP contribution in [0.2, 0.25) is 0 Å². The molecule has 0 amide bonds. The number of hydrogen-bond donors (Lipinski definition) is 5. The number of benzene rings is 2. The number of halogens is 3. The first-order valence-corrected chi connectivity index (χ1v) is 13.4. The van der Waals surface area contributed by atoms with E-state index in [1.165, 1.54) is 19.2 Å². The maximum absolute atomic E-state index is 13.6. The van der Waals surface area contributed by atoms with Crippen LogP contribution < -0.4 is 21.9 Å². The number of fused-ring (bicyclic) bond motifs is 3. The summed E-state index contributed by atoms with van der Waals surface area (Å²) in [6.45, 7) is 3.09. The molecule has 1 aliphatic rings. The maximum atomic E-state index is 13.6. The lowest BCUT2D eigenvalue weighted by molar-refractivity contribution is -0.165. The van der Waals surface area contributed by atoms with Crippen molar-refractivity contribution in [2.75, 3.05) is 45.7 Å². The molecule has 0 spiro atoms. The molecular formula is C28H33F3N8O2. The van der Waals surface area contributed by atoms with Crippen LogP contribution in [0.25, 0.3) is 21.9 Å². The Morgan fingerprint density at radius 2 is 1.90 bits per heavy atom. The van der Waals surface area contributed by atoms with Crippen molar-refractivity contribution in [1.29, 1.82) is 0 Å². The fourth-order valence-electron chi connectivity index (χ4n) is 4.94. The van der Waals surface area contributed by atoms with Crippen molar-refractivity contribution in [3.05, 3.63) is 65.0 Å². The number of esters is 1. The summed E-state index contributed by atoms with van der Waals surface area (Å²) in [7, 11) is 3.38. The fourth-order valence-corrected chi connectivity index (χ4v) is 4.94. The minimum atomic E-state index is -4.50. The average Bonchev–Trinajstić information content (AvgIpc) is 3.70. The van der Waals surface area contributed by atoms with Gasteiger partial charge in [0.15, 0.2) is 0 Å². The number of carbonyl (C=O) groups excluding carboxylic acids is 1. The van der Waals surface area contributed by atoms with E-state index in [1.807, 2.05) is 6.07 Å². The molecule has 10 nitrogen and oxygen atoms in total. The van der Waals surface area contributed by atoms with Crippen LogP contribution in [0.4, 0.5) is 19.0 Å². The summed E-state index contributed by atoms with van der Waals surface area (Å²) in [5.74, 6) is 0.598. The highest BCUT2D eigenvalue weighted by atomic mass is 19.4. The molecule has 5 rings (SSSR count). The lowest BCUT2D eigenvalue weighted by Gasteiger charge is -2.17. The zero-order chi connectivity index (χ0) is 29.2. The second kappa shape index (κ2) is 11.6. The number of hydrazine groups is 1. The second-order valence-corrected chi connectivity index (χ2v) is 10.2. The number of ether oxygens (including phenoxy) is 1. The Labute approximate surface area is 234 Å². The summed E-state index contributed by atoms with van der Waals surface area (Å²) in [6.07, 6.45) is -2.49. The van der Waals surface area contributed by atoms with Crippen molar-refractivity contribution < 1.29 is 22.7 Å². The quantitative estimate of drug-likeness (QED) is 0.0980. The van der Waals surface area contributed by atoms with Crippen LogP contribution >= 0.6 is 0 Å². The van der Waals surface area contributed by atoms with Gasteiger partial charge in [-0.1, -0.05) is 30.3 Å². The molecule has 0 atom stereocenters. The van der Waals surface area contributed by atoms with Crippen LogP contribution in [0.3, 0.4) is 0 Å². The van der Waals surface area contributed by atoms with E-state index >= 15 is 0 Å². The summed E-state index contributed by atoms with van der Waals surface area (Å²) in [5, 5.41) is 5.04. The molecule has 41 heavy (non-hydrogen) atoms. The van der Waals surface area contributed by atoms with E-state index in [2.05, 4.69) is 33.1 Å². The summed E-state index contributed by atoms with van der Waals surface area (Å²) in [4.78, 5) is 27.1. The number of aromatic nitrogens is 3. The topological polar surface area (TPSA) is 153 Å². The number of methoxy groups -OCH3 is 1. The molecule has 0 aliphatic carbocycles. The Morgan fingerprint density at radius 1 is 1.12 bits per heavy atom. The number of carbonyl (C=O) groups is 1. The van der Waals surface area contributed by atoms with E-state index in [1.54, 1.807) is 24.3 Å². The van der Waals surface area contributed by atoms with Crippen LogP contribution in [-0.4, -0.2) is 72.3 Å². The molecule has 1 fully saturated rings. The Balaban J connectivity index is 1.46. The number of nitrogens with two attached hydrogens (primary N) is 1. The molecule has 4 aromatic rings. The van der Waals surface area contributed by atoms with E-state index in [0.717, 1.165) is 36.7 Å². The maximum Gasteiger partial charge on any atom is 0.426 e. The van der Waals surface area contributed by atoms with Gasteiger partial charge >= 0.3 is 12.1 Å². The Morgan fingerprint density at radius 3 is 2.61 bits per heavy atom. The Kier molecular flexibility index (Phi) is 8.13. The van der Waals surface area contributed by atoms with Gasteiger partial charge in [-0.25, -0.2) is 25.6 Å². The fraction of sp³-hybridized carbons (Fsp3) is 0.393. The predicted octanol–water partition coefficient (Wildman–Crippen LogP) is 3.39. The first-order valence-electron chi connectivity index (χ1n) is 13.4. The molecule has 0 radical (unpaired) electrons. The Bertz CT molecular complexity index is 1550. The summed E-state index contributed by atoms with van der Waals surface area (Å²) in [5.41, 5.74) is 10.2. The minimum absolute atomic E-state index is 0.0710. The predicted molar refractivity (Wildman–Crippen MR) is 150 cm³/mol. The van der Waals surface area contributed by atoms with Gasteiger partial charge in [0.25, 0.3) is 0 Å². The number of nitrogens with one attached hydrogen (secondary N) is 4. The molecule has 0 bridgehead atoms. The van der Waals surface area contributed by atoms with E-state index in [9.17, 15) is 18.0 Å². The van der Waals surface area contributed by atoms with Gasteiger partial charge in [-0.3, -0.25) is 0 Å². The molecule has 1 aliphatic heterocycles. The smallest absolute Gasteiger partial charge is 0.426 e. The van der Waals surface area contributed by atoms with Crippen LogP contribution in [0.1, 0.15) is 40.2 Å². The van der Waals surface area contributed by atoms with Crippen molar-refractivity contribution in [1.82, 2.24) is 30.7 Å². The average molecular weight is 571 g/mol. The van der Waals surface area contributed by atoms with E-state index in [-0.39, 0.29) is 12.0 Å². The number of nitrogens with zero attached hydrogens (tertiary/aromatic N) is 3. The van der Waals surface area contributed by atoms with Gasteiger partial charge in [-0.15, -0.1) is 0 Å². The number of anilines is 1. The SMILES string of the molecule is COC(=O)c1ccc2c(c1)[nH]c1nc(Cc3cccc(C4(C(F)(F)F)NN4)c3)nc(NCCCN(C)CCCN)c12. The lowest BCUT2D eigenvalue weighted by Crippen LogP contribution is -2.34. The van der Waals surface area contributed by atoms with Crippen LogP contribution in [0, 0.1) is 0 Å². The molecule has 13 heteroatoms. The van der Waals surface area contributed by atoms with Gasteiger partial charge in [0.05, 0.1) is 18.1 Å². The van der Waals surface area contributed by atoms with E-state index in [4.69, 9.17) is 20.4 Å². The van der Waals surface area contributed by atoms with E-state index in [0.29, 0.717) is 47.0 Å². The Hall–Kier alpha value is -3.78. The second-order valence-electron chi connectivity index (χ2n) is 10.2. The highest BCUT2D eigenvalue weighted by Gasteiger charge is 2.65. The van der Waals surface area contributed by atoms with Gasteiger partial charge in [-0.05, 0) is 62.8 Å². The van der Waals surface area contributed by atoms with Crippen molar-refractivity contribution in [3.63, 3.8) is 0 Å². The molecule has 2 aromatic heterocycles. The third kappa shape index (κ3) is 5.98. The summed E-state index contributed by atoms with van der Waals surface area (Å²) in [6, 6.07) is 11.5. The zero-order valence-corrected chi connectivity index (χ0v) is 22.9. The van der Waals surface area contributed by atoms with Crippen LogP contribution in [-0.2, 0) is 16.8 Å². The van der Waals surface area contributed by atoms with Crippen molar-refractivity contribution >= 4 is 33.7 Å². The standard InChI is InChI=1S/C28H33F3N8O2/c1-39(12-4-10-32)13-5-11-33-24-23-20-9-8-18(26(40)41-2)16-21(20)34-25(23)36-22(35-24)15-17-6-3-7-19(14-17)27(37-38-27)28(29,30)31/h3,6-9,14,16,37-38H,4-5,10-13,15,32H2,1-2H3,(H2,33,34,35,36). The molecule has 0 saturated carbocycles. The van der Waals surface area contributed by atoms with Gasteiger partial charge in [-0.2, -0.15) is 13.2 Å². The first-order chi connectivity index (χ1) is 19.6. The largest absolute Gasteiger partial charge is 0.465 e. The van der Waals surface area contributed by atoms with Crippen LogP contribution in [0.15, 0.2) is 42.5 Å². The van der Waals surface area contributed by atoms with Gasteiger partial charge in [0.2, 0.25) is 5.66 Å². The molecular weight excluding hydrogens is 537 g/mol. The molecule has 2 aromatic carbocycles. The van der Waals surface area contributed by atoms with Crippen LogP contribution in [0.5, 0.6) is 0 Å². The van der Waals surface area contributed by atoms with Gasteiger partial charge in [0.1, 0.15) is 17.3 Å². The monoisotopic (exact) mass is 570 g/mol. The zero-order valence-electron chi connectivity index (χ0n) is 22.9. The van der Waals surface area contributed by atoms with Crippen molar-refractivity contribution in [2.24, 2.45) is 5.73 Å². The highest BCUT2D eigenvalue weighted by Crippen LogP contribution is 2.42. The summed E-state index contributed by atoms with van der Waals surface area (Å²) >= 11 is 0. The first kappa shape index (κ1) is 28.7. The molecule has 6 N–H and O–H groups in total. The molecule has 218 valence electrons. The third-order valence-corrected chi connectivity index (χ3v) is 7.19.